The van der Waals surface area contributed by atoms with E-state index in [1.165, 1.54) is 210 Å². The van der Waals surface area contributed by atoms with E-state index in [1.54, 1.807) is 0 Å². The summed E-state index contributed by atoms with van der Waals surface area (Å²) in [6, 6.07) is 96.6. The van der Waals surface area contributed by atoms with Gasteiger partial charge in [0.1, 0.15) is 55.2 Å². The average molecular weight is 1530 g/mol. The van der Waals surface area contributed by atoms with E-state index in [9.17, 15) is 0 Å². The van der Waals surface area contributed by atoms with Crippen molar-refractivity contribution >= 4 is 120 Å². The normalized spacial score (nSPS) is 11.7. The van der Waals surface area contributed by atoms with Crippen molar-refractivity contribution in [3.05, 3.63) is 359 Å². The van der Waals surface area contributed by atoms with Gasteiger partial charge in [0.15, 0.2) is 20.3 Å². The molecule has 0 unspecified atom stereocenters. The summed E-state index contributed by atoms with van der Waals surface area (Å²) in [5.74, 6) is 4.65. The Bertz CT molecular complexity index is 7490. The number of hydrogen-bond donors (Lipinski definition) is 0. The number of rotatable bonds is 6. The molecule has 10 heterocycles. The second-order valence-corrected chi connectivity index (χ2v) is 33.0. The number of para-hydroxylation sites is 8. The zero-order valence-electron chi connectivity index (χ0n) is 70.9. The van der Waals surface area contributed by atoms with Gasteiger partial charge in [-0.1, -0.05) is 198 Å². The van der Waals surface area contributed by atoms with Gasteiger partial charge < -0.3 is 0 Å². The topological polar surface area (TPSA) is 43.0 Å². The van der Waals surface area contributed by atoms with Crippen LogP contribution in [-0.4, -0.2) is 22.7 Å². The van der Waals surface area contributed by atoms with Crippen LogP contribution >= 0.6 is 0 Å². The van der Waals surface area contributed by atoms with Crippen molar-refractivity contribution in [1.82, 2.24) is 22.7 Å². The molecule has 0 saturated carbocycles. The zero-order valence-corrected chi connectivity index (χ0v) is 70.9. The maximum Gasteiger partial charge on any atom is 0.286 e. The molecular formula is C107H105N10+5. The number of benzene rings is 11. The van der Waals surface area contributed by atoms with Gasteiger partial charge in [0, 0.05) is 78.1 Å². The van der Waals surface area contributed by atoms with E-state index in [2.05, 4.69) is 469 Å². The lowest BCUT2D eigenvalue weighted by Gasteiger charge is -2.12. The quantitative estimate of drug-likeness (QED) is 0.118. The van der Waals surface area contributed by atoms with E-state index < -0.39 is 0 Å². The molecule has 10 aromatic heterocycles. The number of fused-ring (bicyclic) bond motifs is 21. The molecule has 0 aliphatic carbocycles. The molecule has 0 bridgehead atoms. The summed E-state index contributed by atoms with van der Waals surface area (Å²) in [4.78, 5) is 0. The molecule has 0 spiro atoms. The van der Waals surface area contributed by atoms with Gasteiger partial charge in [-0.25, -0.2) is 13.7 Å². The van der Waals surface area contributed by atoms with Gasteiger partial charge in [0.05, 0.1) is 45.3 Å². The van der Waals surface area contributed by atoms with Gasteiger partial charge >= 0.3 is 0 Å². The fourth-order valence-electron chi connectivity index (χ4n) is 18.4. The van der Waals surface area contributed by atoms with Crippen LogP contribution in [0.2, 0.25) is 0 Å². The van der Waals surface area contributed by atoms with Crippen LogP contribution in [0.3, 0.4) is 0 Å². The van der Waals surface area contributed by atoms with Crippen molar-refractivity contribution in [2.24, 2.45) is 35.2 Å². The van der Waals surface area contributed by atoms with Crippen molar-refractivity contribution in [2.75, 3.05) is 0 Å². The van der Waals surface area contributed by atoms with Crippen molar-refractivity contribution in [3.8, 4) is 28.6 Å². The lowest BCUT2D eigenvalue weighted by atomic mass is 9.94. The van der Waals surface area contributed by atoms with Crippen molar-refractivity contribution < 1.29 is 23.1 Å². The minimum atomic E-state index is 0.513. The molecule has 0 amide bonds. The molecule has 0 radical (unpaired) electrons. The molecular weight excluding hydrogens is 1430 g/mol. The van der Waals surface area contributed by atoms with Crippen molar-refractivity contribution in [1.29, 1.82) is 0 Å². The van der Waals surface area contributed by atoms with E-state index in [1.807, 2.05) is 0 Å². The Morgan fingerprint density at radius 1 is 0.239 bits per heavy atom. The van der Waals surface area contributed by atoms with Crippen LogP contribution in [0, 0.1) is 62.3 Å². The van der Waals surface area contributed by atoms with Crippen LogP contribution in [0.25, 0.3) is 148 Å². The number of aryl methyl sites for hydroxylation is 14. The molecule has 0 fully saturated rings. The van der Waals surface area contributed by atoms with Gasteiger partial charge in [-0.15, -0.1) is 18.4 Å². The Balaban J connectivity index is 0.000000105. The van der Waals surface area contributed by atoms with Crippen molar-refractivity contribution in [2.45, 2.75) is 102 Å². The van der Waals surface area contributed by atoms with E-state index in [0.29, 0.717) is 11.8 Å². The number of hydrogen-bond acceptors (Lipinski definition) is 0. The lowest BCUT2D eigenvalue weighted by Crippen LogP contribution is -2.34. The molecule has 21 aromatic rings. The Morgan fingerprint density at radius 2 is 0.624 bits per heavy atom. The molecule has 117 heavy (non-hydrogen) atoms. The Morgan fingerprint density at radius 3 is 1.13 bits per heavy atom. The molecule has 0 aliphatic rings. The van der Waals surface area contributed by atoms with Crippen LogP contribution in [-0.2, 0) is 35.2 Å². The Kier molecular flexibility index (Phi) is 20.1. The lowest BCUT2D eigenvalue weighted by molar-refractivity contribution is -0.735. The number of aromatic nitrogens is 10. The SMILES string of the molecule is Cc1cc[n+](C)c(-n2c3ccccc3c3cccc(C)c32)c1.Cc1ccc(-n2c3ccccc3c3cccc(C)c32)[n+](C)c1.Cc1cccc(C)c1-c1c[n+](C)n2c3c(C)cccc3c3ccccc3c12.Cc1cccc2c3cc(C(C)C)ccc3c3cc[n+](C)n3c12.Cc1cccc2c3ccccc3n(-c3cc(C(C)C)cc[n+]3C)c12. The first kappa shape index (κ1) is 76.3. The highest BCUT2D eigenvalue weighted by Crippen LogP contribution is 2.41. The second-order valence-electron chi connectivity index (χ2n) is 33.0. The van der Waals surface area contributed by atoms with Crippen LogP contribution in [0.15, 0.2) is 298 Å². The average Bonchev–Trinajstić information content (AvgIpc) is 1.69. The summed E-state index contributed by atoms with van der Waals surface area (Å²) < 4.78 is 22.9. The number of pyridine rings is 5. The monoisotopic (exact) mass is 1530 g/mol. The van der Waals surface area contributed by atoms with Crippen LogP contribution in [0.1, 0.15) is 101 Å². The summed E-state index contributed by atoms with van der Waals surface area (Å²) in [6.45, 7) is 28.7. The van der Waals surface area contributed by atoms with Crippen LogP contribution in [0.5, 0.6) is 0 Å². The molecule has 0 N–H and O–H groups in total. The van der Waals surface area contributed by atoms with E-state index in [-0.39, 0.29) is 0 Å². The van der Waals surface area contributed by atoms with Crippen molar-refractivity contribution in [3.63, 3.8) is 0 Å². The van der Waals surface area contributed by atoms with Gasteiger partial charge in [0.2, 0.25) is 6.20 Å². The molecule has 0 saturated heterocycles. The van der Waals surface area contributed by atoms with E-state index in [4.69, 9.17) is 0 Å². The predicted octanol–water partition coefficient (Wildman–Crippen LogP) is 23.7. The predicted molar refractivity (Wildman–Crippen MR) is 489 cm³/mol. The van der Waals surface area contributed by atoms with E-state index >= 15 is 0 Å². The second kappa shape index (κ2) is 30.8. The van der Waals surface area contributed by atoms with Gasteiger partial charge in [-0.05, 0) is 224 Å². The zero-order chi connectivity index (χ0) is 81.5. The fraction of sp³-hybridized carbons (Fsp3) is 0.187. The summed E-state index contributed by atoms with van der Waals surface area (Å²) in [7, 11) is 10.6. The van der Waals surface area contributed by atoms with Crippen LogP contribution in [0.4, 0.5) is 0 Å². The molecule has 0 atom stereocenters. The molecule has 578 valence electrons. The third-order valence-corrected chi connectivity index (χ3v) is 24.2. The fourth-order valence-corrected chi connectivity index (χ4v) is 18.4. The van der Waals surface area contributed by atoms with Gasteiger partial charge in [0.25, 0.3) is 17.5 Å². The van der Waals surface area contributed by atoms with Gasteiger partial charge in [-0.3, -0.25) is 0 Å². The standard InChI is InChI=1S/C25H23N2.C22H23N2.C20H21N2.2C20H19N2/c1-16-9-7-10-17(2)23(16)22-15-26(4)27-24-18(3)11-8-14-20(24)19-12-5-6-13-21(19)25(22)27;1-15(2)17-12-13-23(4)21(14-17)24-20-11-6-5-9-18(20)19-10-7-8-16(3)22(19)24;1-13(2)15-8-9-16-18(12-15)17-7-5-6-14(3)20(17)22-19(16)10-11-21(22)4;1-14-11-12-21(3)19(13-14)22-18-10-5-4-8-16(18)17-9-6-7-15(2)20(17)22;1-14-11-12-19(21(3)13-14)22-18-10-5-4-8-16(18)17-9-6-7-15(2)20(17)22/h5-15H,1-4H3;5-15H,1-4H3;5-13H,1-4H3;2*4-13H,1-3H3/q5*+1. The summed E-state index contributed by atoms with van der Waals surface area (Å²) in [5, 5.41) is 15.8. The molecule has 0 aliphatic heterocycles. The highest BCUT2D eigenvalue weighted by molar-refractivity contribution is 6.17. The first-order valence-corrected chi connectivity index (χ1v) is 41.2. The minimum Gasteiger partial charge on any atom is -0.237 e. The summed E-state index contributed by atoms with van der Waals surface area (Å²) >= 11 is 0. The molecule has 11 aromatic carbocycles. The summed E-state index contributed by atoms with van der Waals surface area (Å²) in [5.41, 5.74) is 29.9. The molecule has 21 rings (SSSR count). The minimum absolute atomic E-state index is 0.513. The first-order chi connectivity index (χ1) is 56.6. The van der Waals surface area contributed by atoms with Gasteiger partial charge in [-0.2, -0.15) is 13.7 Å². The summed E-state index contributed by atoms with van der Waals surface area (Å²) in [6.07, 6.45) is 10.9. The molecule has 10 heteroatoms. The smallest absolute Gasteiger partial charge is 0.237 e. The van der Waals surface area contributed by atoms with E-state index in [0.717, 1.165) is 0 Å². The largest absolute Gasteiger partial charge is 0.286 e. The number of nitrogens with zero attached hydrogens (tertiary/aromatic N) is 10. The maximum atomic E-state index is 2.41. The molecule has 10 nitrogen and oxygen atoms in total. The highest BCUT2D eigenvalue weighted by Gasteiger charge is 2.28. The Labute approximate surface area is 686 Å². The maximum absolute atomic E-state index is 2.41. The third kappa shape index (κ3) is 13.3. The Hall–Kier alpha value is -13.3. The van der Waals surface area contributed by atoms with Crippen LogP contribution < -0.4 is 23.1 Å². The highest BCUT2D eigenvalue weighted by atomic mass is 15.3. The third-order valence-electron chi connectivity index (χ3n) is 24.2. The first-order valence-electron chi connectivity index (χ1n) is 41.2.